The molecule has 1 N–H and O–H groups in total. The molecular weight excluding hydrogens is 272 g/mol. The van der Waals surface area contributed by atoms with Crippen molar-refractivity contribution in [2.75, 3.05) is 25.1 Å². The van der Waals surface area contributed by atoms with Crippen LogP contribution < -0.4 is 5.32 Å². The van der Waals surface area contributed by atoms with Crippen molar-refractivity contribution in [3.63, 3.8) is 0 Å². The molecule has 3 heterocycles. The molecule has 1 atom stereocenters. The Kier molecular flexibility index (Phi) is 4.22. The molecule has 1 saturated heterocycles. The zero-order valence-electron chi connectivity index (χ0n) is 11.5. The van der Waals surface area contributed by atoms with E-state index in [1.54, 1.807) is 17.7 Å². The molecule has 0 amide bonds. The summed E-state index contributed by atoms with van der Waals surface area (Å²) in [5, 5.41) is 3.36. The van der Waals surface area contributed by atoms with Crippen LogP contribution in [0.3, 0.4) is 0 Å². The van der Waals surface area contributed by atoms with E-state index in [4.69, 9.17) is 4.74 Å². The summed E-state index contributed by atoms with van der Waals surface area (Å²) in [7, 11) is 0. The van der Waals surface area contributed by atoms with Gasteiger partial charge in [0.05, 0.1) is 23.5 Å². The minimum absolute atomic E-state index is 0.419. The van der Waals surface area contributed by atoms with Crippen LogP contribution in [0.25, 0.3) is 0 Å². The first-order valence-electron chi connectivity index (χ1n) is 6.85. The molecule has 0 radical (unpaired) electrons. The Balaban J connectivity index is 1.57. The van der Waals surface area contributed by atoms with Crippen LogP contribution in [0.15, 0.2) is 17.9 Å². The summed E-state index contributed by atoms with van der Waals surface area (Å²) in [4.78, 5) is 14.2. The molecule has 106 valence electrons. The lowest BCUT2D eigenvalue weighted by Crippen LogP contribution is -2.08. The highest BCUT2D eigenvalue weighted by Gasteiger charge is 2.19. The molecule has 2 aromatic rings. The van der Waals surface area contributed by atoms with Crippen molar-refractivity contribution in [1.82, 2.24) is 15.0 Å². The SMILES string of the molecule is Cc1ncsc1CCNc1cc([C@@H]2CCOC2)ncn1. The fourth-order valence-corrected chi connectivity index (χ4v) is 3.11. The van der Waals surface area contributed by atoms with Gasteiger partial charge in [-0.15, -0.1) is 11.3 Å². The normalized spacial score (nSPS) is 18.4. The number of ether oxygens (including phenoxy) is 1. The van der Waals surface area contributed by atoms with E-state index in [1.807, 2.05) is 11.6 Å². The molecular formula is C14H18N4OS. The number of thiazole rings is 1. The number of rotatable bonds is 5. The van der Waals surface area contributed by atoms with Gasteiger partial charge >= 0.3 is 0 Å². The van der Waals surface area contributed by atoms with E-state index in [0.717, 1.165) is 49.8 Å². The molecule has 2 aromatic heterocycles. The molecule has 0 spiro atoms. The summed E-state index contributed by atoms with van der Waals surface area (Å²) in [5.41, 5.74) is 4.10. The Hall–Kier alpha value is -1.53. The Bertz CT molecular complexity index is 566. The maximum Gasteiger partial charge on any atom is 0.129 e. The standard InChI is InChI=1S/C14H18N4OS/c1-10-13(20-9-18-10)2-4-15-14-6-12(16-8-17-14)11-3-5-19-7-11/h6,8-9,11H,2-5,7H2,1H3,(H,15,16,17)/t11-/m1/s1. The lowest BCUT2D eigenvalue weighted by molar-refractivity contribution is 0.193. The quantitative estimate of drug-likeness (QED) is 0.916. The van der Waals surface area contributed by atoms with E-state index in [2.05, 4.69) is 27.2 Å². The Morgan fingerprint density at radius 1 is 1.40 bits per heavy atom. The highest BCUT2D eigenvalue weighted by molar-refractivity contribution is 7.09. The molecule has 3 rings (SSSR count). The lowest BCUT2D eigenvalue weighted by Gasteiger charge is -2.09. The second-order valence-electron chi connectivity index (χ2n) is 4.93. The van der Waals surface area contributed by atoms with E-state index in [1.165, 1.54) is 4.88 Å². The predicted octanol–water partition coefficient (Wildman–Crippen LogP) is 2.40. The van der Waals surface area contributed by atoms with Crippen LogP contribution in [0.2, 0.25) is 0 Å². The first-order valence-corrected chi connectivity index (χ1v) is 7.73. The highest BCUT2D eigenvalue weighted by Crippen LogP contribution is 2.24. The van der Waals surface area contributed by atoms with Gasteiger partial charge < -0.3 is 10.1 Å². The number of nitrogens with zero attached hydrogens (tertiary/aromatic N) is 3. The Morgan fingerprint density at radius 2 is 2.35 bits per heavy atom. The summed E-state index contributed by atoms with van der Waals surface area (Å²) in [6.07, 6.45) is 3.66. The van der Waals surface area contributed by atoms with Crippen molar-refractivity contribution in [3.05, 3.63) is 34.2 Å². The van der Waals surface area contributed by atoms with E-state index < -0.39 is 0 Å². The summed E-state index contributed by atoms with van der Waals surface area (Å²) in [6, 6.07) is 2.04. The van der Waals surface area contributed by atoms with Crippen LogP contribution in [0.1, 0.15) is 28.6 Å². The van der Waals surface area contributed by atoms with Gasteiger partial charge in [-0.3, -0.25) is 0 Å². The van der Waals surface area contributed by atoms with Crippen LogP contribution in [-0.4, -0.2) is 34.7 Å². The lowest BCUT2D eigenvalue weighted by atomic mass is 10.1. The van der Waals surface area contributed by atoms with Crippen molar-refractivity contribution in [3.8, 4) is 0 Å². The van der Waals surface area contributed by atoms with Crippen molar-refractivity contribution in [1.29, 1.82) is 0 Å². The van der Waals surface area contributed by atoms with Gasteiger partial charge in [-0.1, -0.05) is 0 Å². The van der Waals surface area contributed by atoms with Gasteiger partial charge in [0, 0.05) is 36.4 Å². The molecule has 0 aromatic carbocycles. The number of nitrogens with one attached hydrogen (secondary N) is 1. The van der Waals surface area contributed by atoms with Gasteiger partial charge in [0.2, 0.25) is 0 Å². The van der Waals surface area contributed by atoms with Crippen molar-refractivity contribution in [2.24, 2.45) is 0 Å². The first-order chi connectivity index (χ1) is 9.83. The smallest absolute Gasteiger partial charge is 0.129 e. The average Bonchev–Trinajstić information content (AvgIpc) is 3.12. The van der Waals surface area contributed by atoms with Crippen molar-refractivity contribution >= 4 is 17.2 Å². The van der Waals surface area contributed by atoms with Crippen LogP contribution in [0.4, 0.5) is 5.82 Å². The maximum absolute atomic E-state index is 5.41. The number of aromatic nitrogens is 3. The van der Waals surface area contributed by atoms with Gasteiger partial charge in [0.25, 0.3) is 0 Å². The van der Waals surface area contributed by atoms with E-state index in [0.29, 0.717) is 5.92 Å². The monoisotopic (exact) mass is 290 g/mol. The number of aryl methyl sites for hydroxylation is 1. The Labute approximate surface area is 122 Å². The summed E-state index contributed by atoms with van der Waals surface area (Å²) >= 11 is 1.71. The molecule has 20 heavy (non-hydrogen) atoms. The molecule has 0 saturated carbocycles. The fraction of sp³-hybridized carbons (Fsp3) is 0.500. The average molecular weight is 290 g/mol. The second-order valence-corrected chi connectivity index (χ2v) is 5.87. The number of hydrogen-bond acceptors (Lipinski definition) is 6. The first kappa shape index (κ1) is 13.5. The third-order valence-electron chi connectivity index (χ3n) is 3.54. The molecule has 0 unspecified atom stereocenters. The molecule has 5 nitrogen and oxygen atoms in total. The Morgan fingerprint density at radius 3 is 3.10 bits per heavy atom. The number of anilines is 1. The summed E-state index contributed by atoms with van der Waals surface area (Å²) in [6.45, 7) is 4.52. The van der Waals surface area contributed by atoms with Gasteiger partial charge in [0.15, 0.2) is 0 Å². The van der Waals surface area contributed by atoms with Crippen LogP contribution >= 0.6 is 11.3 Å². The molecule has 0 bridgehead atoms. The maximum atomic E-state index is 5.41. The summed E-state index contributed by atoms with van der Waals surface area (Å²) in [5.74, 6) is 1.31. The van der Waals surface area contributed by atoms with Gasteiger partial charge in [-0.25, -0.2) is 15.0 Å². The van der Waals surface area contributed by atoms with E-state index in [-0.39, 0.29) is 0 Å². The third kappa shape index (κ3) is 3.13. The van der Waals surface area contributed by atoms with Gasteiger partial charge in [-0.2, -0.15) is 0 Å². The topological polar surface area (TPSA) is 59.9 Å². The minimum Gasteiger partial charge on any atom is -0.381 e. The van der Waals surface area contributed by atoms with Crippen LogP contribution in [-0.2, 0) is 11.2 Å². The number of hydrogen-bond donors (Lipinski definition) is 1. The molecule has 1 fully saturated rings. The molecule has 1 aliphatic heterocycles. The molecule has 0 aliphatic carbocycles. The van der Waals surface area contributed by atoms with Crippen molar-refractivity contribution < 1.29 is 4.74 Å². The van der Waals surface area contributed by atoms with Crippen LogP contribution in [0.5, 0.6) is 0 Å². The van der Waals surface area contributed by atoms with Crippen LogP contribution in [0, 0.1) is 6.92 Å². The highest BCUT2D eigenvalue weighted by atomic mass is 32.1. The zero-order chi connectivity index (χ0) is 13.8. The van der Waals surface area contributed by atoms with E-state index >= 15 is 0 Å². The van der Waals surface area contributed by atoms with Gasteiger partial charge in [0.1, 0.15) is 12.1 Å². The van der Waals surface area contributed by atoms with Gasteiger partial charge in [-0.05, 0) is 13.3 Å². The fourth-order valence-electron chi connectivity index (χ4n) is 2.33. The summed E-state index contributed by atoms with van der Waals surface area (Å²) < 4.78 is 5.41. The third-order valence-corrected chi connectivity index (χ3v) is 4.53. The minimum atomic E-state index is 0.419. The molecule has 6 heteroatoms. The zero-order valence-corrected chi connectivity index (χ0v) is 12.3. The van der Waals surface area contributed by atoms with E-state index in [9.17, 15) is 0 Å². The molecule has 1 aliphatic rings. The predicted molar refractivity (Wildman–Crippen MR) is 79.3 cm³/mol. The second kappa shape index (κ2) is 6.28. The largest absolute Gasteiger partial charge is 0.381 e. The van der Waals surface area contributed by atoms with Crippen molar-refractivity contribution in [2.45, 2.75) is 25.7 Å².